The van der Waals surface area contributed by atoms with Gasteiger partial charge in [-0.2, -0.15) is 18.3 Å². The molecule has 9 heteroatoms. The van der Waals surface area contributed by atoms with Gasteiger partial charge in [0.2, 0.25) is 0 Å². The van der Waals surface area contributed by atoms with Crippen LogP contribution in [0.4, 0.5) is 19.0 Å². The Labute approximate surface area is 139 Å². The van der Waals surface area contributed by atoms with Crippen molar-refractivity contribution in [2.24, 2.45) is 5.10 Å². The Kier molecular flexibility index (Phi) is 5.33. The molecule has 1 aromatic carbocycles. The van der Waals surface area contributed by atoms with Crippen LogP contribution in [0.5, 0.6) is 5.75 Å². The smallest absolute Gasteiger partial charge is 0.417 e. The lowest BCUT2D eigenvalue weighted by molar-refractivity contribution is -0.137. The van der Waals surface area contributed by atoms with Gasteiger partial charge in [-0.1, -0.05) is 23.2 Å². The maximum atomic E-state index is 12.4. The van der Waals surface area contributed by atoms with E-state index in [-0.39, 0.29) is 5.82 Å². The molecule has 2 aromatic rings. The highest BCUT2D eigenvalue weighted by molar-refractivity contribution is 6.37. The summed E-state index contributed by atoms with van der Waals surface area (Å²) in [5.74, 6) is 0.516. The van der Waals surface area contributed by atoms with Crippen molar-refractivity contribution in [1.82, 2.24) is 4.98 Å². The van der Waals surface area contributed by atoms with E-state index in [1.165, 1.54) is 19.4 Å². The fourth-order valence-electron chi connectivity index (χ4n) is 1.65. The van der Waals surface area contributed by atoms with Gasteiger partial charge >= 0.3 is 6.18 Å². The fourth-order valence-corrected chi connectivity index (χ4v) is 2.31. The summed E-state index contributed by atoms with van der Waals surface area (Å²) in [6, 6.07) is 5.25. The van der Waals surface area contributed by atoms with E-state index >= 15 is 0 Å². The summed E-state index contributed by atoms with van der Waals surface area (Å²) in [5.41, 5.74) is 2.26. The number of nitrogens with one attached hydrogen (secondary N) is 1. The van der Waals surface area contributed by atoms with E-state index < -0.39 is 11.7 Å². The molecular formula is C14H10Cl2F3N3O. The number of alkyl halides is 3. The average molecular weight is 364 g/mol. The average Bonchev–Trinajstić information content (AvgIpc) is 2.46. The molecule has 0 atom stereocenters. The van der Waals surface area contributed by atoms with Crippen LogP contribution in [-0.4, -0.2) is 18.3 Å². The molecule has 0 unspecified atom stereocenters. The van der Waals surface area contributed by atoms with Gasteiger partial charge in [0.1, 0.15) is 5.82 Å². The Bertz CT molecular complexity index is 695. The number of aromatic nitrogens is 1. The predicted octanol–water partition coefficient (Wildman–Crippen LogP) is 4.86. The van der Waals surface area contributed by atoms with Gasteiger partial charge in [-0.05, 0) is 29.8 Å². The summed E-state index contributed by atoms with van der Waals surface area (Å²) in [4.78, 5) is 3.62. The Morgan fingerprint density at radius 3 is 2.35 bits per heavy atom. The number of hydrazone groups is 1. The van der Waals surface area contributed by atoms with Gasteiger partial charge in [0.15, 0.2) is 5.75 Å². The molecule has 0 aliphatic rings. The normalized spacial score (nSPS) is 11.7. The van der Waals surface area contributed by atoms with Crippen molar-refractivity contribution in [1.29, 1.82) is 0 Å². The number of ether oxygens (including phenoxy) is 1. The second kappa shape index (κ2) is 7.06. The molecule has 0 spiro atoms. The summed E-state index contributed by atoms with van der Waals surface area (Å²) >= 11 is 12.0. The Morgan fingerprint density at radius 1 is 1.22 bits per heavy atom. The molecular weight excluding hydrogens is 354 g/mol. The summed E-state index contributed by atoms with van der Waals surface area (Å²) in [7, 11) is 1.44. The van der Waals surface area contributed by atoms with Crippen LogP contribution in [0.3, 0.4) is 0 Å². The third-order valence-corrected chi connectivity index (χ3v) is 3.27. The van der Waals surface area contributed by atoms with Gasteiger partial charge in [0, 0.05) is 6.20 Å². The fraction of sp³-hybridized carbons (Fsp3) is 0.143. The number of hydrogen-bond acceptors (Lipinski definition) is 4. The molecule has 1 aromatic heterocycles. The zero-order valence-electron chi connectivity index (χ0n) is 11.7. The van der Waals surface area contributed by atoms with Crippen molar-refractivity contribution in [3.63, 3.8) is 0 Å². The van der Waals surface area contributed by atoms with E-state index in [0.29, 0.717) is 21.4 Å². The van der Waals surface area contributed by atoms with Crippen molar-refractivity contribution >= 4 is 35.2 Å². The minimum Gasteiger partial charge on any atom is -0.494 e. The molecule has 1 N–H and O–H groups in total. The van der Waals surface area contributed by atoms with Gasteiger partial charge in [0.25, 0.3) is 0 Å². The molecule has 0 amide bonds. The summed E-state index contributed by atoms with van der Waals surface area (Å²) in [6.07, 6.45) is -2.30. The molecule has 0 fully saturated rings. The van der Waals surface area contributed by atoms with E-state index in [1.54, 1.807) is 12.1 Å². The zero-order valence-corrected chi connectivity index (χ0v) is 13.2. The monoisotopic (exact) mass is 363 g/mol. The van der Waals surface area contributed by atoms with Gasteiger partial charge in [-0.3, -0.25) is 5.43 Å². The minimum absolute atomic E-state index is 0.167. The van der Waals surface area contributed by atoms with E-state index in [2.05, 4.69) is 15.5 Å². The lowest BCUT2D eigenvalue weighted by Crippen LogP contribution is -2.05. The van der Waals surface area contributed by atoms with Crippen molar-refractivity contribution in [3.8, 4) is 5.75 Å². The standard InChI is InChI=1S/C14H10Cl2F3N3O/c1-23-13-10(15)4-8(5-11(13)16)6-21-22-12-3-2-9(7-20-12)14(17,18)19/h2-7H,1H3,(H,20,22)/b21-6-. The van der Waals surface area contributed by atoms with Crippen LogP contribution in [-0.2, 0) is 6.18 Å². The van der Waals surface area contributed by atoms with Crippen molar-refractivity contribution < 1.29 is 17.9 Å². The third-order valence-electron chi connectivity index (χ3n) is 2.71. The number of anilines is 1. The van der Waals surface area contributed by atoms with Crippen molar-refractivity contribution in [2.75, 3.05) is 12.5 Å². The lowest BCUT2D eigenvalue weighted by atomic mass is 10.2. The van der Waals surface area contributed by atoms with Gasteiger partial charge < -0.3 is 4.74 Å². The number of halogens is 5. The topological polar surface area (TPSA) is 46.5 Å². The first-order chi connectivity index (χ1) is 10.8. The van der Waals surface area contributed by atoms with Crippen LogP contribution in [0, 0.1) is 0 Å². The molecule has 0 aliphatic heterocycles. The molecule has 1 heterocycles. The highest BCUT2D eigenvalue weighted by atomic mass is 35.5. The molecule has 0 saturated heterocycles. The Balaban J connectivity index is 2.07. The number of hydrogen-bond donors (Lipinski definition) is 1. The van der Waals surface area contributed by atoms with E-state index in [4.69, 9.17) is 27.9 Å². The molecule has 23 heavy (non-hydrogen) atoms. The second-order valence-corrected chi connectivity index (χ2v) is 5.13. The van der Waals surface area contributed by atoms with Crippen LogP contribution >= 0.6 is 23.2 Å². The van der Waals surface area contributed by atoms with E-state index in [0.717, 1.165) is 12.3 Å². The lowest BCUT2D eigenvalue weighted by Gasteiger charge is -2.07. The summed E-state index contributed by atoms with van der Waals surface area (Å²) in [6.45, 7) is 0. The SMILES string of the molecule is COc1c(Cl)cc(/C=N\Nc2ccc(C(F)(F)F)cn2)cc1Cl. The first kappa shape index (κ1) is 17.4. The molecule has 122 valence electrons. The predicted molar refractivity (Wildman–Crippen MR) is 83.5 cm³/mol. The minimum atomic E-state index is -4.43. The number of benzene rings is 1. The molecule has 0 saturated carbocycles. The van der Waals surface area contributed by atoms with E-state index in [1.807, 2.05) is 0 Å². The maximum absolute atomic E-state index is 12.4. The third kappa shape index (κ3) is 4.49. The molecule has 2 rings (SSSR count). The largest absolute Gasteiger partial charge is 0.494 e. The Morgan fingerprint density at radius 2 is 1.87 bits per heavy atom. The van der Waals surface area contributed by atoms with Crippen molar-refractivity contribution in [2.45, 2.75) is 6.18 Å². The van der Waals surface area contributed by atoms with Crippen LogP contribution in [0.1, 0.15) is 11.1 Å². The van der Waals surface area contributed by atoms with E-state index in [9.17, 15) is 13.2 Å². The number of pyridine rings is 1. The highest BCUT2D eigenvalue weighted by Crippen LogP contribution is 2.33. The highest BCUT2D eigenvalue weighted by Gasteiger charge is 2.30. The second-order valence-electron chi connectivity index (χ2n) is 4.32. The van der Waals surface area contributed by atoms with Crippen LogP contribution in [0.15, 0.2) is 35.6 Å². The first-order valence-corrected chi connectivity index (χ1v) is 6.92. The Hall–Kier alpha value is -1.99. The summed E-state index contributed by atoms with van der Waals surface area (Å²) in [5, 5.41) is 4.49. The molecule has 0 aliphatic carbocycles. The molecule has 0 radical (unpaired) electrons. The van der Waals surface area contributed by atoms with Crippen LogP contribution in [0.2, 0.25) is 10.0 Å². The number of methoxy groups -OCH3 is 1. The summed E-state index contributed by atoms with van der Waals surface area (Å²) < 4.78 is 42.2. The molecule has 4 nitrogen and oxygen atoms in total. The maximum Gasteiger partial charge on any atom is 0.417 e. The molecule has 0 bridgehead atoms. The quantitative estimate of drug-likeness (QED) is 0.623. The number of rotatable bonds is 4. The van der Waals surface area contributed by atoms with Crippen molar-refractivity contribution in [3.05, 3.63) is 51.6 Å². The van der Waals surface area contributed by atoms with Gasteiger partial charge in [-0.25, -0.2) is 4.98 Å². The van der Waals surface area contributed by atoms with Crippen LogP contribution < -0.4 is 10.2 Å². The van der Waals surface area contributed by atoms with Gasteiger partial charge in [0.05, 0.1) is 28.9 Å². The number of nitrogens with zero attached hydrogens (tertiary/aromatic N) is 2. The van der Waals surface area contributed by atoms with Crippen LogP contribution in [0.25, 0.3) is 0 Å². The van der Waals surface area contributed by atoms with Gasteiger partial charge in [-0.15, -0.1) is 0 Å². The first-order valence-electron chi connectivity index (χ1n) is 6.16. The zero-order chi connectivity index (χ0) is 17.0.